The summed E-state index contributed by atoms with van der Waals surface area (Å²) in [4.78, 5) is 72.8. The molecule has 0 aromatic rings. The van der Waals surface area contributed by atoms with Gasteiger partial charge in [-0.1, -0.05) is 330 Å². The van der Waals surface area contributed by atoms with E-state index in [2.05, 4.69) is 72.8 Å². The first kappa shape index (κ1) is 95.5. The van der Waals surface area contributed by atoms with E-state index in [1.165, 1.54) is 167 Å². The molecule has 0 aliphatic rings. The molecule has 0 rings (SSSR count). The largest absolute Gasteiger partial charge is 0.472 e. The van der Waals surface area contributed by atoms with Crippen molar-refractivity contribution in [1.82, 2.24) is 0 Å². The molecule has 0 bridgehead atoms. The number of carbonyl (C=O) groups is 4. The molecule has 0 aromatic heterocycles. The van der Waals surface area contributed by atoms with Crippen molar-refractivity contribution in [2.24, 2.45) is 17.8 Å². The second kappa shape index (κ2) is 68.9. The van der Waals surface area contributed by atoms with Crippen LogP contribution in [0.2, 0.25) is 0 Å². The van der Waals surface area contributed by atoms with Gasteiger partial charge in [-0.15, -0.1) is 0 Å². The van der Waals surface area contributed by atoms with Crippen molar-refractivity contribution in [3.8, 4) is 0 Å². The summed E-state index contributed by atoms with van der Waals surface area (Å²) < 4.78 is 68.5. The number of unbranched alkanes of at least 4 members (excludes halogenated alkanes) is 39. The van der Waals surface area contributed by atoms with E-state index in [0.717, 1.165) is 127 Å². The van der Waals surface area contributed by atoms with Gasteiger partial charge in [0.15, 0.2) is 12.2 Å². The van der Waals surface area contributed by atoms with Crippen molar-refractivity contribution in [1.29, 1.82) is 0 Å². The zero-order valence-corrected chi connectivity index (χ0v) is 65.5. The van der Waals surface area contributed by atoms with Crippen LogP contribution in [0.15, 0.2) is 24.3 Å². The molecule has 4 unspecified atom stereocenters. The van der Waals surface area contributed by atoms with Gasteiger partial charge < -0.3 is 33.8 Å². The lowest BCUT2D eigenvalue weighted by Gasteiger charge is -2.21. The Morgan fingerprint density at radius 3 is 0.908 bits per heavy atom. The highest BCUT2D eigenvalue weighted by Crippen LogP contribution is 2.45. The van der Waals surface area contributed by atoms with Gasteiger partial charge in [0, 0.05) is 25.7 Å². The summed E-state index contributed by atoms with van der Waals surface area (Å²) in [5.74, 6) is 0.149. The molecule has 0 saturated heterocycles. The van der Waals surface area contributed by atoms with Gasteiger partial charge in [0.1, 0.15) is 19.3 Å². The molecule has 578 valence electrons. The Balaban J connectivity index is 5.21. The van der Waals surface area contributed by atoms with Crippen LogP contribution in [-0.4, -0.2) is 96.7 Å². The Morgan fingerprint density at radius 2 is 0.602 bits per heavy atom. The van der Waals surface area contributed by atoms with Gasteiger partial charge in [0.05, 0.1) is 26.4 Å². The van der Waals surface area contributed by atoms with Gasteiger partial charge in [0.25, 0.3) is 0 Å². The molecule has 0 radical (unpaired) electrons. The minimum absolute atomic E-state index is 0.0842. The number of aliphatic hydroxyl groups is 1. The Hall–Kier alpha value is -2.46. The quantitative estimate of drug-likeness (QED) is 0.0169. The third-order valence-corrected chi connectivity index (χ3v) is 20.0. The molecule has 0 aromatic carbocycles. The van der Waals surface area contributed by atoms with E-state index in [1.54, 1.807) is 0 Å². The topological polar surface area (TPSA) is 237 Å². The van der Waals surface area contributed by atoms with Crippen LogP contribution >= 0.6 is 15.6 Å². The fourth-order valence-electron chi connectivity index (χ4n) is 11.6. The molecule has 6 atom stereocenters. The molecule has 0 fully saturated rings. The average Bonchev–Trinajstić information content (AvgIpc) is 1.02. The van der Waals surface area contributed by atoms with Crippen LogP contribution in [0.3, 0.4) is 0 Å². The first-order valence-electron chi connectivity index (χ1n) is 40.2. The smallest absolute Gasteiger partial charge is 0.462 e. The normalized spacial score (nSPS) is 14.4. The van der Waals surface area contributed by atoms with E-state index in [9.17, 15) is 43.2 Å². The predicted octanol–water partition coefficient (Wildman–Crippen LogP) is 22.9. The Labute approximate surface area is 599 Å². The number of phosphoric acid groups is 2. The third-order valence-electron chi connectivity index (χ3n) is 18.1. The van der Waals surface area contributed by atoms with Crippen LogP contribution < -0.4 is 0 Å². The van der Waals surface area contributed by atoms with Crippen LogP contribution in [0.1, 0.15) is 382 Å². The summed E-state index contributed by atoms with van der Waals surface area (Å²) in [6, 6.07) is 0. The number of hydrogen-bond acceptors (Lipinski definition) is 15. The minimum atomic E-state index is -4.97. The predicted molar refractivity (Wildman–Crippen MR) is 400 cm³/mol. The van der Waals surface area contributed by atoms with Crippen LogP contribution in [0.25, 0.3) is 0 Å². The van der Waals surface area contributed by atoms with Gasteiger partial charge in [-0.25, -0.2) is 9.13 Å². The molecule has 19 heteroatoms. The molecule has 17 nitrogen and oxygen atoms in total. The fraction of sp³-hybridized carbons (Fsp3) is 0.899. The maximum Gasteiger partial charge on any atom is 0.472 e. The second-order valence-electron chi connectivity index (χ2n) is 29.0. The summed E-state index contributed by atoms with van der Waals surface area (Å²) in [5.41, 5.74) is 0. The lowest BCUT2D eigenvalue weighted by molar-refractivity contribution is -0.161. The maximum atomic E-state index is 13.1. The molecule has 0 amide bonds. The lowest BCUT2D eigenvalue weighted by atomic mass is 9.99. The van der Waals surface area contributed by atoms with Crippen molar-refractivity contribution in [3.63, 3.8) is 0 Å². The van der Waals surface area contributed by atoms with Crippen LogP contribution in [0.5, 0.6) is 0 Å². The number of rotatable bonds is 75. The number of carbonyl (C=O) groups excluding carboxylic acids is 4. The number of phosphoric ester groups is 2. The molecular formula is C79H150O17P2. The summed E-state index contributed by atoms with van der Waals surface area (Å²) in [6.45, 7) is 11.8. The third kappa shape index (κ3) is 70.6. The molecule has 0 aliphatic heterocycles. The van der Waals surface area contributed by atoms with E-state index in [4.69, 9.17) is 37.0 Å². The first-order valence-corrected chi connectivity index (χ1v) is 43.2. The van der Waals surface area contributed by atoms with Gasteiger partial charge in [-0.3, -0.25) is 37.3 Å². The van der Waals surface area contributed by atoms with E-state index >= 15 is 0 Å². The Kier molecular flexibility index (Phi) is 67.2. The summed E-state index contributed by atoms with van der Waals surface area (Å²) >= 11 is 0. The molecule has 0 aliphatic carbocycles. The minimum Gasteiger partial charge on any atom is -0.462 e. The lowest BCUT2D eigenvalue weighted by Crippen LogP contribution is -2.30. The van der Waals surface area contributed by atoms with Crippen LogP contribution in [0, 0.1) is 17.8 Å². The van der Waals surface area contributed by atoms with Crippen molar-refractivity contribution in [2.75, 3.05) is 39.6 Å². The highest BCUT2D eigenvalue weighted by atomic mass is 31.2. The fourth-order valence-corrected chi connectivity index (χ4v) is 13.1. The molecule has 0 saturated carbocycles. The monoisotopic (exact) mass is 1430 g/mol. The zero-order chi connectivity index (χ0) is 72.3. The van der Waals surface area contributed by atoms with Gasteiger partial charge >= 0.3 is 39.5 Å². The van der Waals surface area contributed by atoms with Gasteiger partial charge in [0.2, 0.25) is 0 Å². The molecule has 0 heterocycles. The zero-order valence-electron chi connectivity index (χ0n) is 63.7. The van der Waals surface area contributed by atoms with Gasteiger partial charge in [-0.2, -0.15) is 0 Å². The van der Waals surface area contributed by atoms with Crippen molar-refractivity contribution >= 4 is 39.5 Å². The Bertz CT molecular complexity index is 2000. The van der Waals surface area contributed by atoms with Gasteiger partial charge in [-0.05, 0) is 69.1 Å². The Morgan fingerprint density at radius 1 is 0.337 bits per heavy atom. The number of allylic oxidation sites excluding steroid dienone is 4. The average molecular weight is 1430 g/mol. The van der Waals surface area contributed by atoms with Crippen molar-refractivity contribution < 1.29 is 80.2 Å². The van der Waals surface area contributed by atoms with E-state index in [1.807, 2.05) is 0 Å². The summed E-state index contributed by atoms with van der Waals surface area (Å²) in [5, 5.41) is 10.6. The number of esters is 4. The van der Waals surface area contributed by atoms with Crippen LogP contribution in [0.4, 0.5) is 0 Å². The first-order chi connectivity index (χ1) is 47.3. The highest BCUT2D eigenvalue weighted by molar-refractivity contribution is 7.47. The van der Waals surface area contributed by atoms with E-state index in [-0.39, 0.29) is 25.7 Å². The number of hydrogen-bond donors (Lipinski definition) is 3. The molecule has 98 heavy (non-hydrogen) atoms. The summed E-state index contributed by atoms with van der Waals surface area (Å²) in [6.07, 6.45) is 59.3. The number of ether oxygens (including phenoxy) is 4. The summed E-state index contributed by atoms with van der Waals surface area (Å²) in [7, 11) is -9.93. The molecule has 3 N–H and O–H groups in total. The second-order valence-corrected chi connectivity index (χ2v) is 31.9. The standard InChI is InChI=1S/C79H150O17P2/c1-8-10-11-12-13-14-15-16-21-25-28-31-40-48-55-62-78(83)95-74(66-89-76(81)60-53-46-39-34-33-36-43-50-57-70(3)4)68-93-97(85,86)91-64-73(80)65-92-98(87,88)94-69-75(67-90-77(82)61-54-47-42-35-37-44-51-58-71(5)6)96-79(84)63-56-49-41-32-29-26-23-20-18-17-19-22-24-27-30-38-45-52-59-72(7)9-2/h14-16,21,70-75,80H,8-13,17-20,22-69H2,1-7H3,(H,85,86)(H,87,88)/b15-14-,21-16-/t72?,73?,74-,75-/m1/s1. The molecule has 0 spiro atoms. The molecular weight excluding hydrogens is 1280 g/mol. The number of aliphatic hydroxyl groups excluding tert-OH is 1. The SMILES string of the molecule is CCCCCC/C=C\C=C/CCCCCCCC(=O)O[C@H](COC(=O)CCCCCCCCCCC(C)C)COP(=O)(O)OCC(O)COP(=O)(O)OC[C@@H](COC(=O)CCCCCCCCCC(C)C)OC(=O)CCCCCCCCCCCCCCCCCCCCC(C)CC. The van der Waals surface area contributed by atoms with Crippen molar-refractivity contribution in [3.05, 3.63) is 24.3 Å². The van der Waals surface area contributed by atoms with E-state index < -0.39 is 97.5 Å². The maximum absolute atomic E-state index is 13.1. The van der Waals surface area contributed by atoms with Crippen molar-refractivity contribution in [2.45, 2.75) is 401 Å². The van der Waals surface area contributed by atoms with Crippen LogP contribution in [-0.2, 0) is 65.4 Å². The van der Waals surface area contributed by atoms with E-state index in [0.29, 0.717) is 31.6 Å². The highest BCUT2D eigenvalue weighted by Gasteiger charge is 2.30.